The summed E-state index contributed by atoms with van der Waals surface area (Å²) in [4.78, 5) is 37.9. The summed E-state index contributed by atoms with van der Waals surface area (Å²) in [6.45, 7) is 6.60. The van der Waals surface area contributed by atoms with Crippen molar-refractivity contribution in [2.24, 2.45) is 0 Å². The van der Waals surface area contributed by atoms with E-state index in [4.69, 9.17) is 14.2 Å². The molecule has 0 saturated heterocycles. The van der Waals surface area contributed by atoms with Gasteiger partial charge in [0, 0.05) is 19.3 Å². The maximum atomic E-state index is 12.8. The summed E-state index contributed by atoms with van der Waals surface area (Å²) in [5, 5.41) is 0. The number of carbonyl (C=O) groups is 3. The minimum absolute atomic E-state index is 0.0754. The lowest BCUT2D eigenvalue weighted by molar-refractivity contribution is -0.167. The smallest absolute Gasteiger partial charge is 0.306 e. The molecule has 0 N–H and O–H groups in total. The van der Waals surface area contributed by atoms with E-state index in [0.29, 0.717) is 19.3 Å². The monoisotopic (exact) mass is 829 g/mol. The summed E-state index contributed by atoms with van der Waals surface area (Å²) in [7, 11) is 0. The lowest BCUT2D eigenvalue weighted by Gasteiger charge is -2.18. The van der Waals surface area contributed by atoms with Crippen molar-refractivity contribution < 1.29 is 28.6 Å². The second-order valence-electron chi connectivity index (χ2n) is 17.1. The van der Waals surface area contributed by atoms with E-state index < -0.39 is 6.10 Å². The zero-order valence-corrected chi connectivity index (χ0v) is 39.3. The fourth-order valence-corrected chi connectivity index (χ4v) is 7.27. The van der Waals surface area contributed by atoms with Crippen LogP contribution in [0, 0.1) is 0 Å². The molecule has 0 fully saturated rings. The molecule has 0 radical (unpaired) electrons. The quantitative estimate of drug-likeness (QED) is 0.0263. The van der Waals surface area contributed by atoms with Crippen LogP contribution in [0.3, 0.4) is 0 Å². The van der Waals surface area contributed by atoms with Gasteiger partial charge < -0.3 is 14.2 Å². The molecule has 0 aliphatic carbocycles. The van der Waals surface area contributed by atoms with E-state index >= 15 is 0 Å². The number of rotatable bonds is 46. The first-order chi connectivity index (χ1) is 29.0. The van der Waals surface area contributed by atoms with Gasteiger partial charge in [-0.2, -0.15) is 0 Å². The third-order valence-electron chi connectivity index (χ3n) is 11.1. The van der Waals surface area contributed by atoms with Gasteiger partial charge in [0.25, 0.3) is 0 Å². The maximum absolute atomic E-state index is 12.8. The van der Waals surface area contributed by atoms with Crippen molar-refractivity contribution in [2.75, 3.05) is 13.2 Å². The molecule has 0 bridgehead atoms. The van der Waals surface area contributed by atoms with Crippen LogP contribution in [0.5, 0.6) is 0 Å². The van der Waals surface area contributed by atoms with E-state index in [1.165, 1.54) is 141 Å². The lowest BCUT2D eigenvalue weighted by atomic mass is 10.0. The normalized spacial score (nSPS) is 12.3. The average Bonchev–Trinajstić information content (AvgIpc) is 3.23. The highest BCUT2D eigenvalue weighted by atomic mass is 16.6. The summed E-state index contributed by atoms with van der Waals surface area (Å²) in [6.07, 6.45) is 55.5. The first-order valence-corrected chi connectivity index (χ1v) is 25.5. The van der Waals surface area contributed by atoms with Crippen LogP contribution in [0.25, 0.3) is 0 Å². The Labute approximate surface area is 365 Å². The highest BCUT2D eigenvalue weighted by Gasteiger charge is 2.19. The van der Waals surface area contributed by atoms with E-state index in [1.807, 2.05) is 0 Å². The third kappa shape index (κ3) is 46.5. The Bertz CT molecular complexity index is 1000. The van der Waals surface area contributed by atoms with Gasteiger partial charge in [-0.05, 0) is 57.8 Å². The molecule has 0 unspecified atom stereocenters. The lowest BCUT2D eigenvalue weighted by Crippen LogP contribution is -2.30. The molecular formula is C53H96O6. The molecule has 0 saturated carbocycles. The number of ether oxygens (including phenoxy) is 3. The topological polar surface area (TPSA) is 78.9 Å². The van der Waals surface area contributed by atoms with Gasteiger partial charge in [0.05, 0.1) is 0 Å². The van der Waals surface area contributed by atoms with Crippen molar-refractivity contribution in [1.29, 1.82) is 0 Å². The predicted molar refractivity (Wildman–Crippen MR) is 252 cm³/mol. The average molecular weight is 829 g/mol. The Morgan fingerprint density at radius 2 is 0.610 bits per heavy atom. The van der Waals surface area contributed by atoms with Crippen molar-refractivity contribution in [1.82, 2.24) is 0 Å². The van der Waals surface area contributed by atoms with Crippen LogP contribution in [0.15, 0.2) is 36.5 Å². The van der Waals surface area contributed by atoms with Crippen molar-refractivity contribution in [3.8, 4) is 0 Å². The predicted octanol–water partition coefficient (Wildman–Crippen LogP) is 16.5. The Morgan fingerprint density at radius 3 is 0.983 bits per heavy atom. The Hall–Kier alpha value is -2.37. The zero-order valence-electron chi connectivity index (χ0n) is 39.3. The minimum atomic E-state index is -0.775. The zero-order chi connectivity index (χ0) is 43.0. The van der Waals surface area contributed by atoms with Gasteiger partial charge >= 0.3 is 17.9 Å². The molecule has 1 atom stereocenters. The first-order valence-electron chi connectivity index (χ1n) is 25.5. The second-order valence-corrected chi connectivity index (χ2v) is 17.1. The van der Waals surface area contributed by atoms with Crippen molar-refractivity contribution in [3.05, 3.63) is 36.5 Å². The molecule has 6 nitrogen and oxygen atoms in total. The number of allylic oxidation sites excluding steroid dienone is 6. The number of hydrogen-bond donors (Lipinski definition) is 0. The molecule has 0 heterocycles. The molecular weight excluding hydrogens is 733 g/mol. The standard InChI is InChI=1S/C53H96O6/c1-4-7-10-13-16-19-22-24-25-26-27-29-31-34-37-40-43-46-52(55)58-49-50(48-57-51(54)45-42-39-36-33-30-21-18-15-12-9-6-3)59-53(56)47-44-41-38-35-32-28-23-20-17-14-11-8-5-2/h16,19,24-25,27,29,50H,4-15,17-18,20-23,26,28,30-49H2,1-3H3/b19-16-,25-24-,29-27-/t50-/m0/s1. The number of hydrogen-bond acceptors (Lipinski definition) is 6. The number of carbonyl (C=O) groups excluding carboxylic acids is 3. The van der Waals surface area contributed by atoms with Gasteiger partial charge in [0.1, 0.15) is 13.2 Å². The van der Waals surface area contributed by atoms with Crippen LogP contribution in [0.2, 0.25) is 0 Å². The van der Waals surface area contributed by atoms with Crippen LogP contribution < -0.4 is 0 Å². The molecule has 0 spiro atoms. The van der Waals surface area contributed by atoms with E-state index in [0.717, 1.165) is 83.5 Å². The highest BCUT2D eigenvalue weighted by molar-refractivity contribution is 5.71. The summed E-state index contributed by atoms with van der Waals surface area (Å²) in [5.41, 5.74) is 0. The number of esters is 3. The SMILES string of the molecule is CCCCC/C=C\C/C=C\C/C=C\CCCCCCC(=O)OC[C@H](COC(=O)CCCCCCCCCCCCC)OC(=O)CCCCCCCCCCCCCCC. The Morgan fingerprint density at radius 1 is 0.339 bits per heavy atom. The Balaban J connectivity index is 4.37. The van der Waals surface area contributed by atoms with Crippen LogP contribution in [0.1, 0.15) is 265 Å². The summed E-state index contributed by atoms with van der Waals surface area (Å²) < 4.78 is 16.8. The second kappa shape index (κ2) is 48.3. The van der Waals surface area contributed by atoms with Gasteiger partial charge in [0.15, 0.2) is 6.10 Å². The molecule has 0 rings (SSSR count). The minimum Gasteiger partial charge on any atom is -0.462 e. The third-order valence-corrected chi connectivity index (χ3v) is 11.1. The van der Waals surface area contributed by atoms with Gasteiger partial charge in [-0.15, -0.1) is 0 Å². The van der Waals surface area contributed by atoms with Crippen molar-refractivity contribution in [3.63, 3.8) is 0 Å². The molecule has 0 amide bonds. The number of unbranched alkanes of at least 4 members (excludes halogenated alkanes) is 29. The fraction of sp³-hybridized carbons (Fsp3) is 0.830. The van der Waals surface area contributed by atoms with Crippen LogP contribution in [0.4, 0.5) is 0 Å². The summed E-state index contributed by atoms with van der Waals surface area (Å²) in [5.74, 6) is -0.889. The van der Waals surface area contributed by atoms with E-state index in [9.17, 15) is 14.4 Å². The van der Waals surface area contributed by atoms with Crippen LogP contribution in [-0.2, 0) is 28.6 Å². The van der Waals surface area contributed by atoms with Gasteiger partial charge in [-0.3, -0.25) is 14.4 Å². The highest BCUT2D eigenvalue weighted by Crippen LogP contribution is 2.15. The van der Waals surface area contributed by atoms with Gasteiger partial charge in [-0.25, -0.2) is 0 Å². The largest absolute Gasteiger partial charge is 0.462 e. The molecule has 344 valence electrons. The fourth-order valence-electron chi connectivity index (χ4n) is 7.27. The molecule has 59 heavy (non-hydrogen) atoms. The molecule has 0 aliphatic rings. The van der Waals surface area contributed by atoms with Crippen LogP contribution >= 0.6 is 0 Å². The summed E-state index contributed by atoms with van der Waals surface area (Å²) >= 11 is 0. The van der Waals surface area contributed by atoms with Gasteiger partial charge in [-0.1, -0.05) is 224 Å². The maximum Gasteiger partial charge on any atom is 0.306 e. The first kappa shape index (κ1) is 56.6. The van der Waals surface area contributed by atoms with E-state index in [2.05, 4.69) is 57.2 Å². The molecule has 0 aromatic rings. The van der Waals surface area contributed by atoms with Crippen molar-refractivity contribution in [2.45, 2.75) is 271 Å². The molecule has 0 aromatic carbocycles. The molecule has 0 aliphatic heterocycles. The van der Waals surface area contributed by atoms with Crippen molar-refractivity contribution >= 4 is 17.9 Å². The summed E-state index contributed by atoms with van der Waals surface area (Å²) in [6, 6.07) is 0. The van der Waals surface area contributed by atoms with E-state index in [-0.39, 0.29) is 31.1 Å². The Kier molecular flexibility index (Phi) is 46.4. The molecule has 6 heteroatoms. The molecule has 0 aromatic heterocycles. The van der Waals surface area contributed by atoms with Gasteiger partial charge in [0.2, 0.25) is 0 Å². The van der Waals surface area contributed by atoms with Crippen LogP contribution in [-0.4, -0.2) is 37.2 Å². The van der Waals surface area contributed by atoms with E-state index in [1.54, 1.807) is 0 Å².